The summed E-state index contributed by atoms with van der Waals surface area (Å²) in [6.07, 6.45) is 1.24. The lowest BCUT2D eigenvalue weighted by Crippen LogP contribution is -2.23. The van der Waals surface area contributed by atoms with Crippen molar-refractivity contribution in [2.24, 2.45) is 7.05 Å². The molecule has 1 aromatic heterocycles. The molecule has 6 nitrogen and oxygen atoms in total. The van der Waals surface area contributed by atoms with E-state index < -0.39 is 10.0 Å². The lowest BCUT2D eigenvalue weighted by Gasteiger charge is -2.06. The van der Waals surface area contributed by atoms with Crippen LogP contribution >= 0.6 is 0 Å². The van der Waals surface area contributed by atoms with Gasteiger partial charge in [-0.2, -0.15) is 5.10 Å². The molecule has 0 unspecified atom stereocenters. The highest BCUT2D eigenvalue weighted by molar-refractivity contribution is 7.89. The SMILES string of the molecule is Cn1ncc(S(=O)(=O)NCc2ccccc2)c1N. The van der Waals surface area contributed by atoms with E-state index in [1.54, 1.807) is 7.05 Å². The van der Waals surface area contributed by atoms with Crippen LogP contribution in [0.3, 0.4) is 0 Å². The number of aromatic nitrogens is 2. The van der Waals surface area contributed by atoms with E-state index in [1.165, 1.54) is 10.9 Å². The van der Waals surface area contributed by atoms with Crippen molar-refractivity contribution in [1.82, 2.24) is 14.5 Å². The number of benzene rings is 1. The number of aryl methyl sites for hydroxylation is 1. The summed E-state index contributed by atoms with van der Waals surface area (Å²) >= 11 is 0. The van der Waals surface area contributed by atoms with Gasteiger partial charge in [0, 0.05) is 13.6 Å². The largest absolute Gasteiger partial charge is 0.383 e. The Bertz CT molecular complexity index is 634. The summed E-state index contributed by atoms with van der Waals surface area (Å²) in [7, 11) is -2.04. The summed E-state index contributed by atoms with van der Waals surface area (Å²) in [6, 6.07) is 9.26. The molecule has 0 bridgehead atoms. The third kappa shape index (κ3) is 2.52. The van der Waals surface area contributed by atoms with E-state index in [-0.39, 0.29) is 17.3 Å². The van der Waals surface area contributed by atoms with Crippen molar-refractivity contribution in [2.75, 3.05) is 5.73 Å². The maximum atomic E-state index is 12.0. The van der Waals surface area contributed by atoms with E-state index >= 15 is 0 Å². The highest BCUT2D eigenvalue weighted by atomic mass is 32.2. The van der Waals surface area contributed by atoms with E-state index in [4.69, 9.17) is 5.73 Å². The smallest absolute Gasteiger partial charge is 0.246 e. The molecule has 0 fully saturated rings. The van der Waals surface area contributed by atoms with Gasteiger partial charge in [0.15, 0.2) is 0 Å². The Morgan fingerprint density at radius 1 is 1.33 bits per heavy atom. The van der Waals surface area contributed by atoms with Gasteiger partial charge in [-0.25, -0.2) is 13.1 Å². The fourth-order valence-electron chi connectivity index (χ4n) is 1.49. The van der Waals surface area contributed by atoms with Crippen LogP contribution in [0.2, 0.25) is 0 Å². The van der Waals surface area contributed by atoms with Crippen LogP contribution in [0.15, 0.2) is 41.4 Å². The minimum absolute atomic E-state index is 0.000862. The van der Waals surface area contributed by atoms with Crippen LogP contribution in [-0.2, 0) is 23.6 Å². The molecule has 0 aliphatic rings. The van der Waals surface area contributed by atoms with Crippen molar-refractivity contribution in [2.45, 2.75) is 11.4 Å². The fraction of sp³-hybridized carbons (Fsp3) is 0.182. The topological polar surface area (TPSA) is 90.0 Å². The van der Waals surface area contributed by atoms with Gasteiger partial charge in [0.25, 0.3) is 0 Å². The normalized spacial score (nSPS) is 11.6. The molecule has 0 aliphatic carbocycles. The van der Waals surface area contributed by atoms with Gasteiger partial charge < -0.3 is 5.73 Å². The second kappa shape index (κ2) is 4.79. The van der Waals surface area contributed by atoms with Gasteiger partial charge in [0.05, 0.1) is 6.20 Å². The second-order valence-electron chi connectivity index (χ2n) is 3.83. The zero-order valence-corrected chi connectivity index (χ0v) is 10.7. The van der Waals surface area contributed by atoms with Gasteiger partial charge in [-0.3, -0.25) is 4.68 Å². The van der Waals surface area contributed by atoms with Crippen molar-refractivity contribution in [1.29, 1.82) is 0 Å². The number of nitrogens with two attached hydrogens (primary N) is 1. The van der Waals surface area contributed by atoms with E-state index in [1.807, 2.05) is 30.3 Å². The molecule has 3 N–H and O–H groups in total. The Morgan fingerprint density at radius 3 is 2.56 bits per heavy atom. The first-order valence-corrected chi connectivity index (χ1v) is 6.80. The molecule has 0 atom stereocenters. The van der Waals surface area contributed by atoms with Crippen LogP contribution in [-0.4, -0.2) is 18.2 Å². The number of hydrogen-bond acceptors (Lipinski definition) is 4. The van der Waals surface area contributed by atoms with Crippen molar-refractivity contribution in [3.05, 3.63) is 42.1 Å². The first-order valence-electron chi connectivity index (χ1n) is 5.32. The van der Waals surface area contributed by atoms with Crippen LogP contribution in [0.25, 0.3) is 0 Å². The van der Waals surface area contributed by atoms with Crippen LogP contribution in [0.4, 0.5) is 5.82 Å². The monoisotopic (exact) mass is 266 g/mol. The molecule has 1 aromatic carbocycles. The average molecular weight is 266 g/mol. The number of rotatable bonds is 4. The average Bonchev–Trinajstić information content (AvgIpc) is 2.70. The Kier molecular flexibility index (Phi) is 3.35. The molecule has 18 heavy (non-hydrogen) atoms. The van der Waals surface area contributed by atoms with Crippen molar-refractivity contribution >= 4 is 15.8 Å². The Morgan fingerprint density at radius 2 is 2.00 bits per heavy atom. The maximum absolute atomic E-state index is 12.0. The minimum Gasteiger partial charge on any atom is -0.383 e. The van der Waals surface area contributed by atoms with Gasteiger partial charge in [-0.05, 0) is 5.56 Å². The molecular weight excluding hydrogens is 252 g/mol. The third-order valence-corrected chi connectivity index (χ3v) is 3.97. The lowest BCUT2D eigenvalue weighted by atomic mass is 10.2. The van der Waals surface area contributed by atoms with Gasteiger partial charge in [0.1, 0.15) is 10.7 Å². The number of anilines is 1. The molecule has 0 aliphatic heterocycles. The van der Waals surface area contributed by atoms with Gasteiger partial charge in [0.2, 0.25) is 10.0 Å². The van der Waals surface area contributed by atoms with E-state index in [9.17, 15) is 8.42 Å². The number of nitrogen functional groups attached to an aromatic ring is 1. The predicted octanol–water partition coefficient (Wildman–Crippen LogP) is 0.481. The van der Waals surface area contributed by atoms with E-state index in [0.29, 0.717) is 0 Å². The van der Waals surface area contributed by atoms with Gasteiger partial charge >= 0.3 is 0 Å². The summed E-state index contributed by atoms with van der Waals surface area (Å²) in [5.74, 6) is 0.121. The quantitative estimate of drug-likeness (QED) is 0.842. The summed E-state index contributed by atoms with van der Waals surface area (Å²) in [5.41, 5.74) is 6.52. The minimum atomic E-state index is -3.63. The van der Waals surface area contributed by atoms with Gasteiger partial charge in [-0.1, -0.05) is 30.3 Å². The molecule has 0 amide bonds. The highest BCUT2D eigenvalue weighted by Crippen LogP contribution is 2.16. The van der Waals surface area contributed by atoms with Crippen LogP contribution in [0, 0.1) is 0 Å². The first-order chi connectivity index (χ1) is 8.50. The molecule has 7 heteroatoms. The third-order valence-electron chi connectivity index (χ3n) is 2.55. The summed E-state index contributed by atoms with van der Waals surface area (Å²) in [4.78, 5) is 0.000862. The molecule has 0 saturated carbocycles. The van der Waals surface area contributed by atoms with Crippen LogP contribution in [0.1, 0.15) is 5.56 Å². The summed E-state index contributed by atoms with van der Waals surface area (Å²) < 4.78 is 27.8. The number of hydrogen-bond donors (Lipinski definition) is 2. The zero-order valence-electron chi connectivity index (χ0n) is 9.87. The number of nitrogens with one attached hydrogen (secondary N) is 1. The predicted molar refractivity (Wildman–Crippen MR) is 68.1 cm³/mol. The maximum Gasteiger partial charge on any atom is 0.246 e. The highest BCUT2D eigenvalue weighted by Gasteiger charge is 2.20. The van der Waals surface area contributed by atoms with Crippen molar-refractivity contribution < 1.29 is 8.42 Å². The Balaban J connectivity index is 2.16. The van der Waals surface area contributed by atoms with E-state index in [2.05, 4.69) is 9.82 Å². The molecule has 0 spiro atoms. The van der Waals surface area contributed by atoms with Crippen molar-refractivity contribution in [3.63, 3.8) is 0 Å². The van der Waals surface area contributed by atoms with Crippen molar-refractivity contribution in [3.8, 4) is 0 Å². The van der Waals surface area contributed by atoms with Crippen LogP contribution < -0.4 is 10.5 Å². The number of nitrogens with zero attached hydrogens (tertiary/aromatic N) is 2. The fourth-order valence-corrected chi connectivity index (χ4v) is 2.59. The molecule has 0 radical (unpaired) electrons. The van der Waals surface area contributed by atoms with Crippen LogP contribution in [0.5, 0.6) is 0 Å². The standard InChI is InChI=1S/C11H14N4O2S/c1-15-11(12)10(8-13-15)18(16,17)14-7-9-5-3-2-4-6-9/h2-6,8,14H,7,12H2,1H3. The molecule has 2 aromatic rings. The van der Waals surface area contributed by atoms with Gasteiger partial charge in [-0.15, -0.1) is 0 Å². The molecule has 2 rings (SSSR count). The molecular formula is C11H14N4O2S. The Labute approximate surface area is 105 Å². The molecule has 96 valence electrons. The molecule has 0 saturated heterocycles. The summed E-state index contributed by atoms with van der Waals surface area (Å²) in [6.45, 7) is 0.220. The number of sulfonamides is 1. The second-order valence-corrected chi connectivity index (χ2v) is 5.56. The first kappa shape index (κ1) is 12.6. The summed E-state index contributed by atoms with van der Waals surface area (Å²) in [5, 5.41) is 3.81. The zero-order chi connectivity index (χ0) is 13.2. The molecule has 1 heterocycles. The lowest BCUT2D eigenvalue weighted by molar-refractivity contribution is 0.581. The Hall–Kier alpha value is -1.86. The van der Waals surface area contributed by atoms with E-state index in [0.717, 1.165) is 5.56 Å².